The van der Waals surface area contributed by atoms with E-state index in [4.69, 9.17) is 0 Å². The Morgan fingerprint density at radius 2 is 0.444 bits per heavy atom. The molecule has 0 heterocycles. The third kappa shape index (κ3) is 5.67. The van der Waals surface area contributed by atoms with Crippen molar-refractivity contribution in [3.05, 3.63) is 48.6 Å². The van der Waals surface area contributed by atoms with Gasteiger partial charge in [0.2, 0.25) is 0 Å². The number of hydrogen-bond acceptors (Lipinski definition) is 0. The molecule has 0 aromatic carbocycles. The van der Waals surface area contributed by atoms with Gasteiger partial charge in [0.05, 0.1) is 0 Å². The minimum atomic E-state index is 0.529. The number of rotatable bonds is 0. The summed E-state index contributed by atoms with van der Waals surface area (Å²) < 4.78 is 0. The van der Waals surface area contributed by atoms with Gasteiger partial charge in [0.25, 0.3) is 0 Å². The Morgan fingerprint density at radius 3 is 0.750 bits per heavy atom. The molecular formula is C72H112. The summed E-state index contributed by atoms with van der Waals surface area (Å²) in [6, 6.07) is 0. The minimum absolute atomic E-state index is 0.529. The van der Waals surface area contributed by atoms with Crippen LogP contribution in [0.2, 0.25) is 0 Å². The van der Waals surface area contributed by atoms with Crippen LogP contribution in [0.25, 0.3) is 0 Å². The lowest BCUT2D eigenvalue weighted by Crippen LogP contribution is -2.44. The van der Waals surface area contributed by atoms with E-state index in [0.717, 1.165) is 189 Å². The van der Waals surface area contributed by atoms with Crippen molar-refractivity contribution in [2.75, 3.05) is 0 Å². The summed E-state index contributed by atoms with van der Waals surface area (Å²) in [6.45, 7) is 56.4. The van der Waals surface area contributed by atoms with Crippen LogP contribution in [0.5, 0.6) is 0 Å². The van der Waals surface area contributed by atoms with Gasteiger partial charge in [0, 0.05) is 0 Å². The van der Waals surface area contributed by atoms with Gasteiger partial charge in [0.15, 0.2) is 0 Å². The molecule has 14 bridgehead atoms. The second-order valence-electron chi connectivity index (χ2n) is 35.4. The van der Waals surface area contributed by atoms with Crippen LogP contribution in [0, 0.1) is 227 Å². The molecule has 0 aromatic rings. The predicted octanol–water partition coefficient (Wildman–Crippen LogP) is 18.6. The van der Waals surface area contributed by atoms with Crippen molar-refractivity contribution in [3.63, 3.8) is 0 Å². The fraction of sp³-hybridized carbons (Fsp3) is 0.889. The first kappa shape index (κ1) is 50.5. The lowest BCUT2D eigenvalue weighted by atomic mass is 9.56. The van der Waals surface area contributed by atoms with Crippen LogP contribution in [0.3, 0.4) is 0 Å². The topological polar surface area (TPSA) is 0 Å². The largest absolute Gasteiger partial charge is 0.0843 e. The smallest absolute Gasteiger partial charge is 0.0142 e. The zero-order valence-electron chi connectivity index (χ0n) is 50.7. The number of allylic oxidation sites excluding steroid dienone is 8. The highest BCUT2D eigenvalue weighted by molar-refractivity contribution is 5.35. The summed E-state index contributed by atoms with van der Waals surface area (Å²) in [5, 5.41) is 0. The molecule has 0 radical (unpaired) electrons. The first-order chi connectivity index (χ1) is 33.4. The van der Waals surface area contributed by atoms with E-state index in [2.05, 4.69) is 201 Å². The van der Waals surface area contributed by atoms with Crippen molar-refractivity contribution < 1.29 is 0 Å². The Hall–Kier alpha value is -1.04. The molecule has 72 heavy (non-hydrogen) atoms. The summed E-state index contributed by atoms with van der Waals surface area (Å²) in [5.74, 6) is 30.5. The Labute approximate surface area is 445 Å². The van der Waals surface area contributed by atoms with Crippen LogP contribution in [0.15, 0.2) is 48.6 Å². The fourth-order valence-electron chi connectivity index (χ4n) is 29.1. The second-order valence-corrected chi connectivity index (χ2v) is 35.4. The van der Waals surface area contributed by atoms with Crippen LogP contribution in [0.4, 0.5) is 0 Å². The molecule has 16 rings (SSSR count). The molecule has 0 amide bonds. The van der Waals surface area contributed by atoms with Gasteiger partial charge in [-0.2, -0.15) is 0 Å². The van der Waals surface area contributed by atoms with Crippen LogP contribution in [-0.2, 0) is 0 Å². The summed E-state index contributed by atoms with van der Waals surface area (Å²) in [5.41, 5.74) is 3.98. The molecule has 400 valence electrons. The predicted molar refractivity (Wildman–Crippen MR) is 304 cm³/mol. The van der Waals surface area contributed by atoms with Crippen LogP contribution < -0.4 is 0 Å². The average molecular weight is 978 g/mol. The normalized spacial score (nSPS) is 61.0. The number of fused-ring (bicyclic) bond motifs is 35. The third-order valence-corrected chi connectivity index (χ3v) is 31.9. The molecular weight excluding hydrogens is 865 g/mol. The van der Waals surface area contributed by atoms with Gasteiger partial charge in [-0.25, -0.2) is 0 Å². The average Bonchev–Trinajstić information content (AvgIpc) is 4.23. The third-order valence-electron chi connectivity index (χ3n) is 31.9. The van der Waals surface area contributed by atoms with E-state index >= 15 is 0 Å². The Morgan fingerprint density at radius 1 is 0.222 bits per heavy atom. The quantitative estimate of drug-likeness (QED) is 0.168. The Kier molecular flexibility index (Phi) is 10.7. The van der Waals surface area contributed by atoms with Crippen LogP contribution >= 0.6 is 0 Å². The molecule has 12 fully saturated rings. The van der Waals surface area contributed by atoms with E-state index in [1.54, 1.807) is 0 Å². The maximum atomic E-state index is 2.69. The van der Waals surface area contributed by atoms with Gasteiger partial charge >= 0.3 is 0 Å². The highest BCUT2D eigenvalue weighted by atomic mass is 14.9. The van der Waals surface area contributed by atoms with Gasteiger partial charge in [-0.3, -0.25) is 0 Å². The fourth-order valence-corrected chi connectivity index (χ4v) is 29.1. The SMILES string of the molecule is CC1(C)C2C=CC1C1CCCC12.CC1C(C)C(C)C2C(C1C)C1C=CC2C1(C)C.CC1C(C)C2C3C(C1C2(C)C)C1C2C(C4C=CC2C4(C)C)C3C1(C)C.CC1C(C)C2C3C(C4C=CC3C4(C)C)C1C2(C)C. The molecule has 16 aliphatic rings. The van der Waals surface area contributed by atoms with Gasteiger partial charge in [-0.15, -0.1) is 0 Å². The Bertz CT molecular complexity index is 2170. The maximum absolute atomic E-state index is 2.69. The molecule has 32 atom stereocenters. The van der Waals surface area contributed by atoms with Crippen molar-refractivity contribution in [1.29, 1.82) is 0 Å². The zero-order valence-corrected chi connectivity index (χ0v) is 50.7. The molecule has 0 heteroatoms. The van der Waals surface area contributed by atoms with Gasteiger partial charge < -0.3 is 0 Å². The van der Waals surface area contributed by atoms with Crippen LogP contribution in [-0.4, -0.2) is 0 Å². The van der Waals surface area contributed by atoms with E-state index in [9.17, 15) is 0 Å². The van der Waals surface area contributed by atoms with Crippen molar-refractivity contribution in [2.24, 2.45) is 227 Å². The Balaban J connectivity index is 0.0000000964. The summed E-state index contributed by atoms with van der Waals surface area (Å²) in [6.07, 6.45) is 25.1. The standard InChI is InChI=1S/C25H38.C18H28.C17H28.C12H18/c1-11-12(2)20-18-17(19(11)24(20,5)6)21-15-13-9-10-14(23(13,3)4)16(15)22(18)25(21,7)8;1-9-10(2)16-14-12-8-7-11(17(12,3)4)13(14)15(9)18(16,5)6;1-9-10(2)12(4)16-14-8-7-13(17(14,5)6)15(16)11(9)3;1-12(2)10-6-7-11(12)9-5-3-4-8(9)10/h9-22H,1-8H3;7-16H,1-6H3;7-16H,1-6H3;6-11H,3-5H2,1-2H3. The molecule has 0 saturated heterocycles. The van der Waals surface area contributed by atoms with E-state index in [1.165, 1.54) is 19.3 Å². The van der Waals surface area contributed by atoms with E-state index in [0.29, 0.717) is 37.9 Å². The molecule has 0 N–H and O–H groups in total. The summed E-state index contributed by atoms with van der Waals surface area (Å²) >= 11 is 0. The molecule has 16 aliphatic carbocycles. The lowest BCUT2D eigenvalue weighted by molar-refractivity contribution is 0.00551. The zero-order chi connectivity index (χ0) is 51.8. The molecule has 12 saturated carbocycles. The molecule has 0 spiro atoms. The van der Waals surface area contributed by atoms with Gasteiger partial charge in [-0.05, 0) is 240 Å². The van der Waals surface area contributed by atoms with Crippen LogP contribution in [0.1, 0.15) is 172 Å². The second kappa shape index (κ2) is 15.2. The minimum Gasteiger partial charge on any atom is -0.0843 e. The molecule has 0 aliphatic heterocycles. The van der Waals surface area contributed by atoms with E-state index in [1.807, 2.05) is 0 Å². The van der Waals surface area contributed by atoms with E-state index < -0.39 is 0 Å². The molecule has 32 unspecified atom stereocenters. The highest BCUT2D eigenvalue weighted by Gasteiger charge is 2.82. The number of hydrogen-bond donors (Lipinski definition) is 0. The van der Waals surface area contributed by atoms with Crippen molar-refractivity contribution in [3.8, 4) is 0 Å². The summed E-state index contributed by atoms with van der Waals surface area (Å²) in [7, 11) is 0. The van der Waals surface area contributed by atoms with Crippen molar-refractivity contribution in [2.45, 2.75) is 172 Å². The molecule has 0 nitrogen and oxygen atoms in total. The highest BCUT2D eigenvalue weighted by Crippen LogP contribution is 2.86. The maximum Gasteiger partial charge on any atom is -0.0142 e. The van der Waals surface area contributed by atoms with Crippen molar-refractivity contribution in [1.82, 2.24) is 0 Å². The first-order valence-corrected chi connectivity index (χ1v) is 32.1. The van der Waals surface area contributed by atoms with Crippen molar-refractivity contribution >= 4 is 0 Å². The van der Waals surface area contributed by atoms with E-state index in [-0.39, 0.29) is 0 Å². The monoisotopic (exact) mass is 977 g/mol. The lowest BCUT2D eigenvalue weighted by Gasteiger charge is -2.49. The van der Waals surface area contributed by atoms with Gasteiger partial charge in [0.1, 0.15) is 0 Å². The first-order valence-electron chi connectivity index (χ1n) is 32.1. The molecule has 0 aromatic heterocycles. The summed E-state index contributed by atoms with van der Waals surface area (Å²) in [4.78, 5) is 0. The van der Waals surface area contributed by atoms with Gasteiger partial charge in [-0.1, -0.05) is 207 Å².